The number of methoxy groups -OCH3 is 1. The fourth-order valence-electron chi connectivity index (χ4n) is 3.37. The molecule has 0 fully saturated rings. The van der Waals surface area contributed by atoms with Crippen molar-refractivity contribution in [3.05, 3.63) is 59.8 Å². The summed E-state index contributed by atoms with van der Waals surface area (Å²) >= 11 is 8.20. The number of thiophene rings is 1. The van der Waals surface area contributed by atoms with Gasteiger partial charge in [0.25, 0.3) is 0 Å². The molecule has 4 heteroatoms. The lowest BCUT2D eigenvalue weighted by Crippen LogP contribution is -1.86. The third kappa shape index (κ3) is 1.86. The molecule has 0 spiro atoms. The van der Waals surface area contributed by atoms with E-state index in [1.54, 1.807) is 18.4 Å². The van der Waals surface area contributed by atoms with Gasteiger partial charge in [-0.3, -0.25) is 0 Å². The molecule has 5 rings (SSSR count). The SMILES string of the molecule is COc1ccc2nc(Cl)c3sc4ccc5ccccc5c4c3c2c1. The van der Waals surface area contributed by atoms with E-state index in [0.29, 0.717) is 5.15 Å². The van der Waals surface area contributed by atoms with Crippen LogP contribution in [0.3, 0.4) is 0 Å². The van der Waals surface area contributed by atoms with Gasteiger partial charge in [-0.15, -0.1) is 11.3 Å². The highest BCUT2D eigenvalue weighted by Crippen LogP contribution is 2.44. The zero-order valence-corrected chi connectivity index (χ0v) is 14.4. The lowest BCUT2D eigenvalue weighted by molar-refractivity contribution is 0.415. The number of pyridine rings is 1. The summed E-state index contributed by atoms with van der Waals surface area (Å²) in [5, 5.41) is 6.53. The molecule has 116 valence electrons. The van der Waals surface area contributed by atoms with Gasteiger partial charge in [-0.2, -0.15) is 0 Å². The zero-order valence-electron chi connectivity index (χ0n) is 12.8. The van der Waals surface area contributed by atoms with E-state index in [-0.39, 0.29) is 0 Å². The maximum Gasteiger partial charge on any atom is 0.147 e. The van der Waals surface area contributed by atoms with Crippen molar-refractivity contribution in [1.29, 1.82) is 0 Å². The highest BCUT2D eigenvalue weighted by Gasteiger charge is 2.16. The van der Waals surface area contributed by atoms with Crippen LogP contribution >= 0.6 is 22.9 Å². The minimum atomic E-state index is 0.563. The van der Waals surface area contributed by atoms with E-state index in [4.69, 9.17) is 16.3 Å². The molecule has 2 nitrogen and oxygen atoms in total. The molecular formula is C20H12ClNOS. The predicted octanol–water partition coefficient (Wildman–Crippen LogP) is 6.42. The van der Waals surface area contributed by atoms with Crippen LogP contribution in [-0.2, 0) is 0 Å². The fraction of sp³-hybridized carbons (Fsp3) is 0.0500. The summed E-state index contributed by atoms with van der Waals surface area (Å²) in [6, 6.07) is 18.7. The Kier molecular flexibility index (Phi) is 2.96. The van der Waals surface area contributed by atoms with Crippen molar-refractivity contribution >= 4 is 64.8 Å². The quantitative estimate of drug-likeness (QED) is 0.326. The highest BCUT2D eigenvalue weighted by atomic mass is 35.5. The van der Waals surface area contributed by atoms with Crippen LogP contribution in [0.2, 0.25) is 5.15 Å². The Morgan fingerprint density at radius 2 is 1.83 bits per heavy atom. The summed E-state index contributed by atoms with van der Waals surface area (Å²) in [5.41, 5.74) is 0.890. The lowest BCUT2D eigenvalue weighted by Gasteiger charge is -2.06. The maximum absolute atomic E-state index is 6.50. The smallest absolute Gasteiger partial charge is 0.147 e. The molecule has 0 unspecified atom stereocenters. The Hall–Kier alpha value is -2.36. The molecule has 0 atom stereocenters. The van der Waals surface area contributed by atoms with Crippen LogP contribution in [0.15, 0.2) is 54.6 Å². The molecule has 0 N–H and O–H groups in total. The second kappa shape index (κ2) is 5.07. The first-order valence-electron chi connectivity index (χ1n) is 7.63. The van der Waals surface area contributed by atoms with Crippen LogP contribution in [0.5, 0.6) is 5.75 Å². The van der Waals surface area contributed by atoms with E-state index in [1.165, 1.54) is 26.2 Å². The van der Waals surface area contributed by atoms with E-state index in [0.717, 1.165) is 21.4 Å². The first kappa shape index (κ1) is 14.0. The van der Waals surface area contributed by atoms with Gasteiger partial charge in [-0.05, 0) is 35.0 Å². The average Bonchev–Trinajstić information content (AvgIpc) is 3.02. The van der Waals surface area contributed by atoms with Crippen LogP contribution < -0.4 is 4.74 Å². The van der Waals surface area contributed by atoms with E-state index in [9.17, 15) is 0 Å². The Bertz CT molecular complexity index is 1260. The van der Waals surface area contributed by atoms with E-state index in [1.807, 2.05) is 12.1 Å². The molecule has 24 heavy (non-hydrogen) atoms. The molecule has 5 aromatic rings. The Labute approximate surface area is 147 Å². The topological polar surface area (TPSA) is 22.1 Å². The second-order valence-electron chi connectivity index (χ2n) is 5.75. The van der Waals surface area contributed by atoms with Crippen molar-refractivity contribution in [3.8, 4) is 5.75 Å². The Morgan fingerprint density at radius 3 is 2.71 bits per heavy atom. The number of aromatic nitrogens is 1. The third-order valence-corrected chi connectivity index (χ3v) is 6.01. The summed E-state index contributed by atoms with van der Waals surface area (Å²) < 4.78 is 7.68. The van der Waals surface area contributed by atoms with Gasteiger partial charge >= 0.3 is 0 Å². The molecule has 0 aliphatic heterocycles. The molecule has 0 saturated carbocycles. The summed E-state index contributed by atoms with van der Waals surface area (Å²) in [7, 11) is 1.68. The van der Waals surface area contributed by atoms with E-state index >= 15 is 0 Å². The van der Waals surface area contributed by atoms with Gasteiger partial charge in [0.2, 0.25) is 0 Å². The van der Waals surface area contributed by atoms with Crippen LogP contribution in [0.25, 0.3) is 41.8 Å². The molecule has 2 heterocycles. The van der Waals surface area contributed by atoms with Gasteiger partial charge in [0.15, 0.2) is 0 Å². The molecule has 0 bridgehead atoms. The maximum atomic E-state index is 6.50. The average molecular weight is 350 g/mol. The minimum Gasteiger partial charge on any atom is -0.497 e. The standard InChI is InChI=1S/C20H12ClNOS/c1-23-12-7-8-15-14(10-12)18-17-13-5-3-2-4-11(13)6-9-16(17)24-19(18)20(21)22-15/h2-10H,1H3. The van der Waals surface area contributed by atoms with Gasteiger partial charge in [0.05, 0.1) is 17.3 Å². The van der Waals surface area contributed by atoms with Gasteiger partial charge in [0.1, 0.15) is 10.9 Å². The molecule has 0 radical (unpaired) electrons. The molecule has 3 aromatic carbocycles. The summed E-state index contributed by atoms with van der Waals surface area (Å²) in [5.74, 6) is 0.826. The van der Waals surface area contributed by atoms with Gasteiger partial charge in [-0.25, -0.2) is 4.98 Å². The van der Waals surface area contributed by atoms with Crippen LogP contribution in [-0.4, -0.2) is 12.1 Å². The largest absolute Gasteiger partial charge is 0.497 e. The first-order valence-corrected chi connectivity index (χ1v) is 8.83. The number of halogens is 1. The molecule has 0 saturated heterocycles. The molecule has 0 aliphatic carbocycles. The molecule has 2 aromatic heterocycles. The summed E-state index contributed by atoms with van der Waals surface area (Å²) in [6.45, 7) is 0. The fourth-order valence-corrected chi connectivity index (χ4v) is 4.78. The zero-order chi connectivity index (χ0) is 16.3. The number of ether oxygens (including phenoxy) is 1. The number of fused-ring (bicyclic) bond motifs is 7. The van der Waals surface area contributed by atoms with Crippen molar-refractivity contribution in [2.45, 2.75) is 0 Å². The predicted molar refractivity (Wildman–Crippen MR) is 104 cm³/mol. The van der Waals surface area contributed by atoms with Crippen LogP contribution in [0, 0.1) is 0 Å². The van der Waals surface area contributed by atoms with E-state index in [2.05, 4.69) is 47.4 Å². The Balaban J connectivity index is 2.13. The van der Waals surface area contributed by atoms with Crippen molar-refractivity contribution in [2.75, 3.05) is 7.11 Å². The summed E-state index contributed by atoms with van der Waals surface area (Å²) in [4.78, 5) is 4.57. The lowest BCUT2D eigenvalue weighted by atomic mass is 10.0. The number of hydrogen-bond acceptors (Lipinski definition) is 3. The number of rotatable bonds is 1. The van der Waals surface area contributed by atoms with Crippen molar-refractivity contribution < 1.29 is 4.74 Å². The van der Waals surface area contributed by atoms with Gasteiger partial charge in [0, 0.05) is 20.9 Å². The normalized spacial score (nSPS) is 11.8. The summed E-state index contributed by atoms with van der Waals surface area (Å²) in [6.07, 6.45) is 0. The first-order chi connectivity index (χ1) is 11.8. The van der Waals surface area contributed by atoms with Crippen LogP contribution in [0.1, 0.15) is 0 Å². The highest BCUT2D eigenvalue weighted by molar-refractivity contribution is 7.26. The third-order valence-electron chi connectivity index (χ3n) is 4.46. The monoisotopic (exact) mass is 349 g/mol. The number of nitrogens with zero attached hydrogens (tertiary/aromatic N) is 1. The second-order valence-corrected chi connectivity index (χ2v) is 7.16. The van der Waals surface area contributed by atoms with Gasteiger partial charge < -0.3 is 4.74 Å². The van der Waals surface area contributed by atoms with Crippen molar-refractivity contribution in [3.63, 3.8) is 0 Å². The molecule has 0 aliphatic rings. The minimum absolute atomic E-state index is 0.563. The van der Waals surface area contributed by atoms with Crippen molar-refractivity contribution in [1.82, 2.24) is 4.98 Å². The van der Waals surface area contributed by atoms with E-state index < -0.39 is 0 Å². The Morgan fingerprint density at radius 1 is 0.958 bits per heavy atom. The molecule has 0 amide bonds. The number of hydrogen-bond donors (Lipinski definition) is 0. The van der Waals surface area contributed by atoms with Crippen LogP contribution in [0.4, 0.5) is 0 Å². The number of benzene rings is 3. The van der Waals surface area contributed by atoms with Gasteiger partial charge in [-0.1, -0.05) is 41.9 Å². The van der Waals surface area contributed by atoms with Crippen molar-refractivity contribution in [2.24, 2.45) is 0 Å². The molecular weight excluding hydrogens is 338 g/mol.